The van der Waals surface area contributed by atoms with E-state index in [4.69, 9.17) is 0 Å². The van der Waals surface area contributed by atoms with E-state index < -0.39 is 15.6 Å². The van der Waals surface area contributed by atoms with Crippen LogP contribution < -0.4 is 10.3 Å². The first-order valence-electron chi connectivity index (χ1n) is 4.52. The third-order valence-electron chi connectivity index (χ3n) is 2.46. The van der Waals surface area contributed by atoms with Crippen LogP contribution in [0.5, 0.6) is 0 Å². The number of aromatic nitrogens is 2. The van der Waals surface area contributed by atoms with Gasteiger partial charge in [0.25, 0.3) is 15.6 Å². The first-order chi connectivity index (χ1) is 7.59. The average Bonchev–Trinajstić information content (AvgIpc) is 2.60. The first kappa shape index (κ1) is 9.22. The van der Waals surface area contributed by atoms with Crippen LogP contribution in [0.2, 0.25) is 0 Å². The SMILES string of the molecule is O=c1[nH][nH]c2c1NS(=O)(=O)c1ccccc1-2. The Kier molecular flexibility index (Phi) is 1.59. The number of aromatic amines is 2. The average molecular weight is 237 g/mol. The number of sulfonamides is 1. The fourth-order valence-electron chi connectivity index (χ4n) is 1.75. The summed E-state index contributed by atoms with van der Waals surface area (Å²) in [5.41, 5.74) is 0.525. The molecule has 0 bridgehead atoms. The quantitative estimate of drug-likeness (QED) is 0.622. The molecule has 0 spiro atoms. The Balaban J connectivity index is 2.48. The van der Waals surface area contributed by atoms with Crippen molar-refractivity contribution in [2.45, 2.75) is 4.90 Å². The number of benzene rings is 1. The van der Waals surface area contributed by atoms with Gasteiger partial charge in [0.15, 0.2) is 0 Å². The van der Waals surface area contributed by atoms with Crippen molar-refractivity contribution >= 4 is 15.7 Å². The Morgan fingerprint density at radius 2 is 1.81 bits per heavy atom. The molecule has 0 fully saturated rings. The lowest BCUT2D eigenvalue weighted by atomic mass is 10.1. The van der Waals surface area contributed by atoms with Crippen LogP contribution in [-0.4, -0.2) is 18.6 Å². The predicted molar refractivity (Wildman–Crippen MR) is 57.7 cm³/mol. The minimum Gasteiger partial charge on any atom is -0.295 e. The molecule has 1 aliphatic rings. The topological polar surface area (TPSA) is 94.8 Å². The maximum Gasteiger partial charge on any atom is 0.288 e. The van der Waals surface area contributed by atoms with Gasteiger partial charge in [-0.3, -0.25) is 19.7 Å². The lowest BCUT2D eigenvalue weighted by molar-refractivity contribution is 0.601. The van der Waals surface area contributed by atoms with Crippen LogP contribution in [-0.2, 0) is 10.0 Å². The molecular formula is C9H7N3O3S. The van der Waals surface area contributed by atoms with Gasteiger partial charge in [0, 0.05) is 5.56 Å². The van der Waals surface area contributed by atoms with E-state index in [1.54, 1.807) is 18.2 Å². The molecule has 0 unspecified atom stereocenters. The second-order valence-electron chi connectivity index (χ2n) is 3.43. The van der Waals surface area contributed by atoms with Gasteiger partial charge in [0.2, 0.25) is 0 Å². The van der Waals surface area contributed by atoms with Crippen LogP contribution in [0.25, 0.3) is 11.3 Å². The van der Waals surface area contributed by atoms with E-state index in [9.17, 15) is 13.2 Å². The Labute approximate surface area is 90.4 Å². The molecule has 0 radical (unpaired) electrons. The molecule has 16 heavy (non-hydrogen) atoms. The number of anilines is 1. The highest BCUT2D eigenvalue weighted by Crippen LogP contribution is 2.34. The molecule has 0 amide bonds. The molecule has 82 valence electrons. The summed E-state index contributed by atoms with van der Waals surface area (Å²) < 4.78 is 25.9. The van der Waals surface area contributed by atoms with E-state index in [-0.39, 0.29) is 10.6 Å². The molecule has 1 aromatic carbocycles. The molecule has 3 rings (SSSR count). The molecule has 7 heteroatoms. The minimum atomic E-state index is -3.64. The van der Waals surface area contributed by atoms with Gasteiger partial charge >= 0.3 is 0 Å². The summed E-state index contributed by atoms with van der Waals surface area (Å²) in [6.45, 7) is 0. The van der Waals surface area contributed by atoms with E-state index in [1.807, 2.05) is 0 Å². The van der Waals surface area contributed by atoms with E-state index in [1.165, 1.54) is 6.07 Å². The fourth-order valence-corrected chi connectivity index (χ4v) is 3.04. The van der Waals surface area contributed by atoms with Crippen molar-refractivity contribution in [3.05, 3.63) is 34.6 Å². The maximum atomic E-state index is 11.8. The van der Waals surface area contributed by atoms with E-state index >= 15 is 0 Å². The van der Waals surface area contributed by atoms with E-state index in [2.05, 4.69) is 14.9 Å². The normalized spacial score (nSPS) is 16.0. The molecule has 1 aliphatic heterocycles. The highest BCUT2D eigenvalue weighted by molar-refractivity contribution is 7.93. The second kappa shape index (κ2) is 2.76. The van der Waals surface area contributed by atoms with Crippen molar-refractivity contribution in [1.29, 1.82) is 0 Å². The van der Waals surface area contributed by atoms with Crippen molar-refractivity contribution in [3.63, 3.8) is 0 Å². The smallest absolute Gasteiger partial charge is 0.288 e. The molecule has 1 aromatic heterocycles. The third kappa shape index (κ3) is 1.06. The van der Waals surface area contributed by atoms with Crippen molar-refractivity contribution in [3.8, 4) is 11.3 Å². The Morgan fingerprint density at radius 1 is 1.06 bits per heavy atom. The summed E-state index contributed by atoms with van der Waals surface area (Å²) in [6.07, 6.45) is 0. The number of fused-ring (bicyclic) bond motifs is 3. The lowest BCUT2D eigenvalue weighted by Crippen LogP contribution is -2.21. The van der Waals surface area contributed by atoms with Crippen molar-refractivity contribution in [2.24, 2.45) is 0 Å². The molecule has 0 saturated carbocycles. The minimum absolute atomic E-state index is 0.0405. The first-order valence-corrected chi connectivity index (χ1v) is 6.01. The monoisotopic (exact) mass is 237 g/mol. The summed E-state index contributed by atoms with van der Waals surface area (Å²) in [5.74, 6) is 0. The molecular weight excluding hydrogens is 230 g/mol. The van der Waals surface area contributed by atoms with Crippen LogP contribution >= 0.6 is 0 Å². The van der Waals surface area contributed by atoms with Crippen molar-refractivity contribution < 1.29 is 8.42 Å². The Bertz CT molecular complexity index is 726. The lowest BCUT2D eigenvalue weighted by Gasteiger charge is -2.16. The fraction of sp³-hybridized carbons (Fsp3) is 0. The van der Waals surface area contributed by atoms with Crippen LogP contribution in [0.4, 0.5) is 5.69 Å². The van der Waals surface area contributed by atoms with Gasteiger partial charge < -0.3 is 0 Å². The number of hydrogen-bond donors (Lipinski definition) is 3. The molecule has 6 nitrogen and oxygen atoms in total. The summed E-state index contributed by atoms with van der Waals surface area (Å²) in [5, 5.41) is 5.01. The molecule has 0 saturated heterocycles. The maximum absolute atomic E-state index is 11.8. The molecule has 3 N–H and O–H groups in total. The van der Waals surface area contributed by atoms with Gasteiger partial charge in [-0.1, -0.05) is 18.2 Å². The number of rotatable bonds is 0. The van der Waals surface area contributed by atoms with Gasteiger partial charge in [-0.05, 0) is 6.07 Å². The number of H-pyrrole nitrogens is 2. The van der Waals surface area contributed by atoms with Crippen molar-refractivity contribution in [1.82, 2.24) is 10.2 Å². The predicted octanol–water partition coefficient (Wildman–Crippen LogP) is 0.484. The van der Waals surface area contributed by atoms with Crippen LogP contribution in [0.3, 0.4) is 0 Å². The summed E-state index contributed by atoms with van der Waals surface area (Å²) in [4.78, 5) is 11.5. The zero-order valence-corrected chi connectivity index (χ0v) is 8.76. The summed E-state index contributed by atoms with van der Waals surface area (Å²) in [7, 11) is -3.64. The molecule has 0 atom stereocenters. The zero-order valence-electron chi connectivity index (χ0n) is 7.94. The summed E-state index contributed by atoms with van der Waals surface area (Å²) >= 11 is 0. The summed E-state index contributed by atoms with van der Waals surface area (Å²) in [6, 6.07) is 6.49. The Morgan fingerprint density at radius 3 is 2.62 bits per heavy atom. The van der Waals surface area contributed by atoms with Gasteiger partial charge in [-0.15, -0.1) is 0 Å². The molecule has 2 aromatic rings. The third-order valence-corrected chi connectivity index (χ3v) is 3.87. The highest BCUT2D eigenvalue weighted by atomic mass is 32.2. The van der Waals surface area contributed by atoms with Crippen LogP contribution in [0, 0.1) is 0 Å². The Hall–Kier alpha value is -2.02. The van der Waals surface area contributed by atoms with Crippen LogP contribution in [0.1, 0.15) is 0 Å². The standard InChI is InChI=1S/C9H7N3O3S/c13-9-8-7(10-11-9)5-3-1-2-4-6(5)16(14,15)12-8/h1-4,12H,(H2,10,11,13). The zero-order chi connectivity index (χ0) is 11.3. The molecule has 0 aliphatic carbocycles. The number of nitrogens with one attached hydrogen (secondary N) is 3. The molecule has 2 heterocycles. The van der Waals surface area contributed by atoms with Crippen LogP contribution in [0.15, 0.2) is 34.0 Å². The van der Waals surface area contributed by atoms with E-state index in [0.29, 0.717) is 11.3 Å². The highest BCUT2D eigenvalue weighted by Gasteiger charge is 2.29. The van der Waals surface area contributed by atoms with Gasteiger partial charge in [0.1, 0.15) is 5.69 Å². The van der Waals surface area contributed by atoms with Gasteiger partial charge in [0.05, 0.1) is 10.6 Å². The second-order valence-corrected chi connectivity index (χ2v) is 5.08. The van der Waals surface area contributed by atoms with Gasteiger partial charge in [-0.25, -0.2) is 8.42 Å². The van der Waals surface area contributed by atoms with Crippen molar-refractivity contribution in [2.75, 3.05) is 4.72 Å². The van der Waals surface area contributed by atoms with E-state index in [0.717, 1.165) is 0 Å². The number of hydrogen-bond acceptors (Lipinski definition) is 3. The largest absolute Gasteiger partial charge is 0.295 e. The van der Waals surface area contributed by atoms with Gasteiger partial charge in [-0.2, -0.15) is 0 Å².